The van der Waals surface area contributed by atoms with Gasteiger partial charge in [0.1, 0.15) is 5.82 Å². The monoisotopic (exact) mass is 291 g/mol. The van der Waals surface area contributed by atoms with Crippen LogP contribution < -0.4 is 5.32 Å². The van der Waals surface area contributed by atoms with Crippen LogP contribution in [-0.4, -0.2) is 5.91 Å². The number of halogens is 2. The molecule has 1 amide bonds. The highest BCUT2D eigenvalue weighted by Gasteiger charge is 2.13. The van der Waals surface area contributed by atoms with Crippen molar-refractivity contribution in [3.05, 3.63) is 70.0 Å². The maximum Gasteiger partial charge on any atom is 0.252 e. The number of nitrogens with one attached hydrogen (secondary N) is 1. The Morgan fingerprint density at radius 2 is 2.00 bits per heavy atom. The fourth-order valence-corrected chi connectivity index (χ4v) is 2.21. The Morgan fingerprint density at radius 3 is 2.65 bits per heavy atom. The van der Waals surface area contributed by atoms with Crippen molar-refractivity contribution in [1.82, 2.24) is 5.32 Å². The van der Waals surface area contributed by atoms with E-state index in [9.17, 15) is 9.18 Å². The molecule has 0 heterocycles. The molecule has 2 nitrogen and oxygen atoms in total. The molecule has 1 N–H and O–H groups in total. The van der Waals surface area contributed by atoms with Crippen LogP contribution in [0.15, 0.2) is 42.5 Å². The summed E-state index contributed by atoms with van der Waals surface area (Å²) in [7, 11) is 0. The zero-order valence-corrected chi connectivity index (χ0v) is 12.0. The van der Waals surface area contributed by atoms with Gasteiger partial charge in [-0.05, 0) is 55.3 Å². The molecule has 0 fully saturated rings. The van der Waals surface area contributed by atoms with Gasteiger partial charge in [-0.2, -0.15) is 0 Å². The molecule has 104 valence electrons. The predicted molar refractivity (Wildman–Crippen MR) is 78.5 cm³/mol. The normalized spacial score (nSPS) is 12.0. The molecule has 0 bridgehead atoms. The van der Waals surface area contributed by atoms with Crippen LogP contribution in [-0.2, 0) is 0 Å². The first-order valence-corrected chi connectivity index (χ1v) is 6.67. The third-order valence-corrected chi connectivity index (χ3v) is 3.36. The van der Waals surface area contributed by atoms with E-state index in [1.807, 2.05) is 25.1 Å². The fraction of sp³-hybridized carbons (Fsp3) is 0.188. The molecular formula is C16H15ClFNO. The summed E-state index contributed by atoms with van der Waals surface area (Å²) in [5, 5.41) is 3.51. The van der Waals surface area contributed by atoms with Crippen molar-refractivity contribution >= 4 is 17.5 Å². The standard InChI is InChI=1S/C16H15ClFNO/c1-10-8-14(18)6-7-15(10)16(20)19-11(2)12-4-3-5-13(17)9-12/h3-9,11H,1-2H3,(H,19,20). The van der Waals surface area contributed by atoms with Crippen molar-refractivity contribution < 1.29 is 9.18 Å². The van der Waals surface area contributed by atoms with Crippen LogP contribution in [0.5, 0.6) is 0 Å². The lowest BCUT2D eigenvalue weighted by atomic mass is 10.1. The second-order valence-electron chi connectivity index (χ2n) is 4.71. The number of hydrogen-bond acceptors (Lipinski definition) is 1. The second kappa shape index (κ2) is 6.06. The molecule has 0 saturated carbocycles. The van der Waals surface area contributed by atoms with E-state index in [1.54, 1.807) is 13.0 Å². The van der Waals surface area contributed by atoms with Crippen LogP contribution in [0.2, 0.25) is 5.02 Å². The molecule has 1 atom stereocenters. The van der Waals surface area contributed by atoms with Crippen molar-refractivity contribution in [3.63, 3.8) is 0 Å². The smallest absolute Gasteiger partial charge is 0.252 e. The van der Waals surface area contributed by atoms with Crippen LogP contribution in [0.25, 0.3) is 0 Å². The summed E-state index contributed by atoms with van der Waals surface area (Å²) in [6.45, 7) is 3.59. The van der Waals surface area contributed by atoms with E-state index in [2.05, 4.69) is 5.32 Å². The fourth-order valence-electron chi connectivity index (χ4n) is 2.02. The van der Waals surface area contributed by atoms with Crippen molar-refractivity contribution in [1.29, 1.82) is 0 Å². The zero-order valence-electron chi connectivity index (χ0n) is 11.3. The Kier molecular flexibility index (Phi) is 4.40. The number of benzene rings is 2. The van der Waals surface area contributed by atoms with Crippen LogP contribution in [0.3, 0.4) is 0 Å². The third-order valence-electron chi connectivity index (χ3n) is 3.13. The summed E-state index contributed by atoms with van der Waals surface area (Å²) in [5.74, 6) is -0.572. The summed E-state index contributed by atoms with van der Waals surface area (Å²) in [6.07, 6.45) is 0. The number of carbonyl (C=O) groups is 1. The molecule has 4 heteroatoms. The summed E-state index contributed by atoms with van der Waals surface area (Å²) in [5.41, 5.74) is 2.01. The van der Waals surface area contributed by atoms with Crippen LogP contribution in [0, 0.1) is 12.7 Å². The number of carbonyl (C=O) groups excluding carboxylic acids is 1. The number of amides is 1. The van der Waals surface area contributed by atoms with Crippen molar-refractivity contribution in [3.8, 4) is 0 Å². The Bertz CT molecular complexity index is 642. The van der Waals surface area contributed by atoms with Gasteiger partial charge in [-0.1, -0.05) is 23.7 Å². The molecule has 2 rings (SSSR count). The molecule has 0 aromatic heterocycles. The van der Waals surface area contributed by atoms with Crippen molar-refractivity contribution in [2.24, 2.45) is 0 Å². The third kappa shape index (κ3) is 3.36. The highest BCUT2D eigenvalue weighted by Crippen LogP contribution is 2.18. The zero-order chi connectivity index (χ0) is 14.7. The van der Waals surface area contributed by atoms with E-state index in [0.717, 1.165) is 5.56 Å². The quantitative estimate of drug-likeness (QED) is 0.898. The molecule has 0 aliphatic carbocycles. The number of aryl methyl sites for hydroxylation is 1. The minimum atomic E-state index is -0.345. The van der Waals surface area contributed by atoms with E-state index in [1.165, 1.54) is 18.2 Å². The average Bonchev–Trinajstić information content (AvgIpc) is 2.38. The van der Waals surface area contributed by atoms with Crippen molar-refractivity contribution in [2.75, 3.05) is 0 Å². The lowest BCUT2D eigenvalue weighted by molar-refractivity contribution is 0.0939. The van der Waals surface area contributed by atoms with Gasteiger partial charge in [0.05, 0.1) is 6.04 Å². The SMILES string of the molecule is Cc1cc(F)ccc1C(=O)NC(C)c1cccc(Cl)c1. The highest BCUT2D eigenvalue weighted by atomic mass is 35.5. The Labute approximate surface area is 122 Å². The molecule has 0 aliphatic heterocycles. The predicted octanol–water partition coefficient (Wildman–Crippen LogP) is 4.28. The van der Waals surface area contributed by atoms with E-state index in [4.69, 9.17) is 11.6 Å². The first-order chi connectivity index (χ1) is 9.47. The lowest BCUT2D eigenvalue weighted by Gasteiger charge is -2.15. The number of rotatable bonds is 3. The van der Waals surface area contributed by atoms with Gasteiger partial charge in [0.15, 0.2) is 0 Å². The summed E-state index contributed by atoms with van der Waals surface area (Å²) in [4.78, 5) is 12.2. The van der Waals surface area contributed by atoms with Gasteiger partial charge in [-0.15, -0.1) is 0 Å². The number of hydrogen-bond donors (Lipinski definition) is 1. The summed E-state index contributed by atoms with van der Waals surface area (Å²) in [6, 6.07) is 11.3. The minimum Gasteiger partial charge on any atom is -0.346 e. The van der Waals surface area contributed by atoms with Gasteiger partial charge in [-0.3, -0.25) is 4.79 Å². The molecule has 20 heavy (non-hydrogen) atoms. The van der Waals surface area contributed by atoms with Gasteiger partial charge in [-0.25, -0.2) is 4.39 Å². The largest absolute Gasteiger partial charge is 0.346 e. The Hall–Kier alpha value is -1.87. The molecule has 2 aromatic rings. The highest BCUT2D eigenvalue weighted by molar-refractivity contribution is 6.30. The van der Waals surface area contributed by atoms with Gasteiger partial charge < -0.3 is 5.32 Å². The second-order valence-corrected chi connectivity index (χ2v) is 5.15. The van der Waals surface area contributed by atoms with Gasteiger partial charge >= 0.3 is 0 Å². The molecule has 0 spiro atoms. The van der Waals surface area contributed by atoms with Crippen LogP contribution in [0.4, 0.5) is 4.39 Å². The Balaban J connectivity index is 2.15. The molecule has 0 saturated heterocycles. The molecule has 0 aliphatic rings. The van der Waals surface area contributed by atoms with Gasteiger partial charge in [0.2, 0.25) is 0 Å². The molecule has 0 radical (unpaired) electrons. The van der Waals surface area contributed by atoms with Crippen molar-refractivity contribution in [2.45, 2.75) is 19.9 Å². The van der Waals surface area contributed by atoms with E-state index in [-0.39, 0.29) is 17.8 Å². The van der Waals surface area contributed by atoms with E-state index < -0.39 is 0 Å². The van der Waals surface area contributed by atoms with E-state index >= 15 is 0 Å². The van der Waals surface area contributed by atoms with Crippen LogP contribution >= 0.6 is 11.6 Å². The average molecular weight is 292 g/mol. The molecular weight excluding hydrogens is 277 g/mol. The molecule has 1 unspecified atom stereocenters. The first kappa shape index (κ1) is 14.5. The first-order valence-electron chi connectivity index (χ1n) is 6.30. The topological polar surface area (TPSA) is 29.1 Å². The summed E-state index contributed by atoms with van der Waals surface area (Å²) >= 11 is 5.93. The van der Waals surface area contributed by atoms with Gasteiger partial charge in [0, 0.05) is 10.6 Å². The lowest BCUT2D eigenvalue weighted by Crippen LogP contribution is -2.27. The van der Waals surface area contributed by atoms with E-state index in [0.29, 0.717) is 16.1 Å². The Morgan fingerprint density at radius 1 is 1.25 bits per heavy atom. The maximum absolute atomic E-state index is 13.0. The van der Waals surface area contributed by atoms with Crippen LogP contribution in [0.1, 0.15) is 34.5 Å². The summed E-state index contributed by atoms with van der Waals surface area (Å²) < 4.78 is 13.0. The van der Waals surface area contributed by atoms with Gasteiger partial charge in [0.25, 0.3) is 5.91 Å². The molecule has 2 aromatic carbocycles. The maximum atomic E-state index is 13.0. The minimum absolute atomic E-state index is 0.175.